The number of carbonyl (C=O) groups is 2. The zero-order chi connectivity index (χ0) is 35.2. The van der Waals surface area contributed by atoms with Crippen molar-refractivity contribution in [3.63, 3.8) is 0 Å². The van der Waals surface area contributed by atoms with Crippen molar-refractivity contribution in [2.24, 2.45) is 10.8 Å². The molecule has 0 radical (unpaired) electrons. The van der Waals surface area contributed by atoms with Gasteiger partial charge in [-0.2, -0.15) is 5.11 Å². The Balaban J connectivity index is 1.44. The molecule has 4 rings (SSSR count). The lowest BCUT2D eigenvalue weighted by atomic mass is 10.0. The molecule has 0 unspecified atom stereocenters. The summed E-state index contributed by atoms with van der Waals surface area (Å²) in [5, 5.41) is 18.1. The fourth-order valence-electron chi connectivity index (χ4n) is 5.24. The van der Waals surface area contributed by atoms with Gasteiger partial charge < -0.3 is 27.0 Å². The number of amides is 2. The summed E-state index contributed by atoms with van der Waals surface area (Å²) in [6, 6.07) is 26.7. The van der Waals surface area contributed by atoms with Crippen molar-refractivity contribution in [1.29, 1.82) is 5.53 Å². The lowest BCUT2D eigenvalue weighted by Crippen LogP contribution is -2.32. The molecule has 0 fully saturated rings. The van der Waals surface area contributed by atoms with Crippen LogP contribution in [-0.4, -0.2) is 60.9 Å². The molecule has 0 aromatic heterocycles. The number of nitrogens with zero attached hydrogens (tertiary/aromatic N) is 3. The monoisotopic (exact) mass is 661 g/mol. The molecule has 256 valence electrons. The normalized spacial score (nSPS) is 11.9. The number of anilines is 4. The van der Waals surface area contributed by atoms with Gasteiger partial charge in [0.05, 0.1) is 18.8 Å². The van der Waals surface area contributed by atoms with Gasteiger partial charge in [0.2, 0.25) is 11.8 Å². The molecule has 4 aromatic rings. The summed E-state index contributed by atoms with van der Waals surface area (Å²) in [4.78, 5) is 29.0. The van der Waals surface area contributed by atoms with Gasteiger partial charge in [-0.1, -0.05) is 64.1 Å². The number of hydrogen-bond acceptors (Lipinski definition) is 9. The Hall–Kier alpha value is -5.52. The van der Waals surface area contributed by atoms with Crippen LogP contribution >= 0.6 is 0 Å². The number of nitrogens with two attached hydrogens (primary N) is 1. The molecule has 4 aromatic carbocycles. The summed E-state index contributed by atoms with van der Waals surface area (Å²) in [5.41, 5.74) is 19.8. The predicted molar refractivity (Wildman–Crippen MR) is 202 cm³/mol. The van der Waals surface area contributed by atoms with E-state index in [0.717, 1.165) is 59.5 Å². The molecule has 0 aliphatic rings. The van der Waals surface area contributed by atoms with Crippen molar-refractivity contribution < 1.29 is 9.59 Å². The maximum Gasteiger partial charge on any atom is 0.238 e. The zero-order valence-corrected chi connectivity index (χ0v) is 28.7. The van der Waals surface area contributed by atoms with E-state index in [-0.39, 0.29) is 11.8 Å². The first-order valence-corrected chi connectivity index (χ1v) is 16.6. The van der Waals surface area contributed by atoms with Crippen LogP contribution in [0, 0.1) is 5.53 Å². The smallest absolute Gasteiger partial charge is 0.238 e. The fourth-order valence-corrected chi connectivity index (χ4v) is 5.24. The van der Waals surface area contributed by atoms with Gasteiger partial charge in [-0.25, -0.2) is 5.53 Å². The second-order valence-corrected chi connectivity index (χ2v) is 11.5. The average molecular weight is 662 g/mol. The first-order valence-electron chi connectivity index (χ1n) is 16.6. The number of benzene rings is 4. The second-order valence-electron chi connectivity index (χ2n) is 11.5. The first-order chi connectivity index (χ1) is 23.7. The minimum Gasteiger partial charge on any atom is -0.397 e. The molecule has 0 saturated heterocycles. The Kier molecular flexibility index (Phi) is 13.4. The fraction of sp³-hybridized carbons (Fsp3) is 0.263. The van der Waals surface area contributed by atoms with Gasteiger partial charge in [-0.3, -0.25) is 19.4 Å². The van der Waals surface area contributed by atoms with Gasteiger partial charge >= 0.3 is 0 Å². The lowest BCUT2D eigenvalue weighted by molar-refractivity contribution is -0.118. The third-order valence-electron chi connectivity index (χ3n) is 8.18. The summed E-state index contributed by atoms with van der Waals surface area (Å²) in [7, 11) is 0. The Morgan fingerprint density at radius 2 is 1.12 bits per heavy atom. The number of likely N-dealkylation sites (N-methyl/N-ethyl adjacent to an activating group) is 2. The minimum atomic E-state index is -0.0684. The molecule has 0 aliphatic carbocycles. The highest BCUT2D eigenvalue weighted by Gasteiger charge is 2.10. The van der Waals surface area contributed by atoms with Crippen LogP contribution in [-0.2, 0) is 9.59 Å². The van der Waals surface area contributed by atoms with Crippen LogP contribution in [0.4, 0.5) is 22.7 Å². The zero-order valence-electron chi connectivity index (χ0n) is 28.7. The maximum absolute atomic E-state index is 12.5. The summed E-state index contributed by atoms with van der Waals surface area (Å²) in [6.07, 6.45) is 3.41. The molecule has 0 atom stereocenters. The Bertz CT molecular complexity index is 1810. The molecule has 0 bridgehead atoms. The van der Waals surface area contributed by atoms with Crippen LogP contribution in [0.25, 0.3) is 22.2 Å². The van der Waals surface area contributed by atoms with E-state index >= 15 is 0 Å². The molecule has 0 heterocycles. The molecule has 7 N–H and O–H groups in total. The summed E-state index contributed by atoms with van der Waals surface area (Å²) in [5.74, 6) is -0.124. The van der Waals surface area contributed by atoms with Gasteiger partial charge in [0.25, 0.3) is 0 Å². The van der Waals surface area contributed by atoms with E-state index in [1.54, 1.807) is 12.4 Å². The number of fused-ring (bicyclic) bond motifs is 1. The van der Waals surface area contributed by atoms with Crippen LogP contribution in [0.15, 0.2) is 102 Å². The highest BCUT2D eigenvalue weighted by Crippen LogP contribution is 2.26. The highest BCUT2D eigenvalue weighted by molar-refractivity contribution is 5.94. The van der Waals surface area contributed by atoms with Crippen molar-refractivity contribution in [3.8, 4) is 0 Å². The molecular weight excluding hydrogens is 614 g/mol. The molecule has 0 saturated carbocycles. The van der Waals surface area contributed by atoms with E-state index in [0.29, 0.717) is 35.9 Å². The third-order valence-corrected chi connectivity index (χ3v) is 8.18. The van der Waals surface area contributed by atoms with E-state index in [1.165, 1.54) is 0 Å². The van der Waals surface area contributed by atoms with Crippen molar-refractivity contribution in [1.82, 2.24) is 9.80 Å². The van der Waals surface area contributed by atoms with E-state index in [9.17, 15) is 9.59 Å². The molecule has 2 amide bonds. The molecule has 11 heteroatoms. The van der Waals surface area contributed by atoms with Crippen LogP contribution in [0.3, 0.4) is 0 Å². The molecule has 11 nitrogen and oxygen atoms in total. The predicted octanol–water partition coefficient (Wildman–Crippen LogP) is 7.21. The largest absolute Gasteiger partial charge is 0.397 e. The van der Waals surface area contributed by atoms with Crippen LogP contribution in [0.5, 0.6) is 0 Å². The van der Waals surface area contributed by atoms with Gasteiger partial charge in [-0.05, 0) is 91.0 Å². The topological polar surface area (TPSA) is 151 Å². The van der Waals surface area contributed by atoms with Crippen molar-refractivity contribution in [2.45, 2.75) is 27.7 Å². The molecule has 0 spiro atoms. The third kappa shape index (κ3) is 10.7. The van der Waals surface area contributed by atoms with Gasteiger partial charge in [0.1, 0.15) is 5.70 Å². The van der Waals surface area contributed by atoms with Gasteiger partial charge in [0, 0.05) is 40.7 Å². The van der Waals surface area contributed by atoms with E-state index in [4.69, 9.17) is 11.3 Å². The Labute approximate surface area is 288 Å². The number of rotatable bonds is 17. The highest BCUT2D eigenvalue weighted by atomic mass is 16.2. The van der Waals surface area contributed by atoms with E-state index in [2.05, 4.69) is 36.2 Å². The van der Waals surface area contributed by atoms with E-state index in [1.807, 2.05) is 113 Å². The summed E-state index contributed by atoms with van der Waals surface area (Å²) < 4.78 is 0. The number of nitrogens with one attached hydrogen (secondary N) is 5. The second kappa shape index (κ2) is 18.1. The number of carbonyl (C=O) groups excluding carboxylic acids is 2. The van der Waals surface area contributed by atoms with Crippen LogP contribution < -0.4 is 27.0 Å². The molecule has 49 heavy (non-hydrogen) atoms. The van der Waals surface area contributed by atoms with Crippen LogP contribution in [0.1, 0.15) is 38.8 Å². The molecule has 0 aliphatic heterocycles. The van der Waals surface area contributed by atoms with Gasteiger partial charge in [-0.15, -0.1) is 0 Å². The summed E-state index contributed by atoms with van der Waals surface area (Å²) >= 11 is 0. The lowest BCUT2D eigenvalue weighted by Gasteiger charge is -2.17. The average Bonchev–Trinajstić information content (AvgIpc) is 3.12. The quantitative estimate of drug-likeness (QED) is 0.0655. The van der Waals surface area contributed by atoms with Crippen molar-refractivity contribution in [2.75, 3.05) is 60.5 Å². The number of hydrogen-bond donors (Lipinski definition) is 6. The SMILES string of the molecule is CCN(CC)CC(=O)Nc1cccc(N/C=C(\N)c2ccc3ccc(/C(=C/Nc4cccc(NC(=O)CN(CC)CC)c4)N=N)cc3c2)c1. The summed E-state index contributed by atoms with van der Waals surface area (Å²) in [6.45, 7) is 12.1. The standard InChI is InChI=1S/C38H47N9O2/c1-5-46(6-2)25-37(48)43-33-13-9-11-31(21-33)41-23-35(39)28-17-15-27-16-18-29(20-30(27)19-28)36(45-40)24-42-32-12-10-14-34(22-32)44-38(49)26-47(7-3)8-4/h9-24,40-42H,5-8,25-26,39H2,1-4H3,(H,43,48)(H,44,49)/b35-23-,36-24-,45-40?. The molecular formula is C38H47N9O2. The van der Waals surface area contributed by atoms with Crippen LogP contribution in [0.2, 0.25) is 0 Å². The van der Waals surface area contributed by atoms with Crippen molar-refractivity contribution >= 4 is 56.7 Å². The maximum atomic E-state index is 12.5. The Morgan fingerprint density at radius 1 is 0.653 bits per heavy atom. The Morgan fingerprint density at radius 3 is 1.63 bits per heavy atom. The minimum absolute atomic E-state index is 0.0560. The van der Waals surface area contributed by atoms with Gasteiger partial charge in [0.15, 0.2) is 0 Å². The van der Waals surface area contributed by atoms with E-state index < -0.39 is 0 Å². The van der Waals surface area contributed by atoms with Crippen molar-refractivity contribution in [3.05, 3.63) is 108 Å². The first kappa shape index (κ1) is 36.3.